The minimum Gasteiger partial charge on any atom is -0.379 e. The standard InChI is InChI=1S/C16H25ClFNO/c1-5-19-13(9-10-16(2,3)20-4)11-12-7-6-8-14(17)15(12)18/h6-8,13,19H,5,9-11H2,1-4H3. The highest BCUT2D eigenvalue weighted by atomic mass is 35.5. The second-order valence-electron chi connectivity index (χ2n) is 5.67. The van der Waals surface area contributed by atoms with Gasteiger partial charge in [0.15, 0.2) is 0 Å². The Balaban J connectivity index is 2.69. The lowest BCUT2D eigenvalue weighted by Crippen LogP contribution is -2.34. The van der Waals surface area contributed by atoms with Crippen molar-refractivity contribution in [3.8, 4) is 0 Å². The van der Waals surface area contributed by atoms with Crippen molar-refractivity contribution < 1.29 is 9.13 Å². The molecule has 0 amide bonds. The van der Waals surface area contributed by atoms with Crippen molar-refractivity contribution in [3.05, 3.63) is 34.6 Å². The summed E-state index contributed by atoms with van der Waals surface area (Å²) in [4.78, 5) is 0. The maximum Gasteiger partial charge on any atom is 0.145 e. The van der Waals surface area contributed by atoms with Crippen molar-refractivity contribution in [2.75, 3.05) is 13.7 Å². The van der Waals surface area contributed by atoms with Gasteiger partial charge in [0.2, 0.25) is 0 Å². The van der Waals surface area contributed by atoms with Crippen LogP contribution in [-0.4, -0.2) is 25.3 Å². The first-order chi connectivity index (χ1) is 9.39. The van der Waals surface area contributed by atoms with Gasteiger partial charge in [-0.1, -0.05) is 30.7 Å². The summed E-state index contributed by atoms with van der Waals surface area (Å²) < 4.78 is 19.4. The van der Waals surface area contributed by atoms with Crippen LogP contribution in [0.25, 0.3) is 0 Å². The zero-order chi connectivity index (χ0) is 15.2. The second kappa shape index (κ2) is 7.96. The van der Waals surface area contributed by atoms with Gasteiger partial charge < -0.3 is 10.1 Å². The van der Waals surface area contributed by atoms with Gasteiger partial charge >= 0.3 is 0 Å². The van der Waals surface area contributed by atoms with Gasteiger partial charge in [0.05, 0.1) is 10.6 Å². The van der Waals surface area contributed by atoms with E-state index in [-0.39, 0.29) is 22.5 Å². The zero-order valence-corrected chi connectivity index (χ0v) is 13.6. The molecule has 1 unspecified atom stereocenters. The maximum absolute atomic E-state index is 14.0. The van der Waals surface area contributed by atoms with Gasteiger partial charge in [0.25, 0.3) is 0 Å². The van der Waals surface area contributed by atoms with Crippen LogP contribution in [0.1, 0.15) is 39.2 Å². The van der Waals surface area contributed by atoms with Crippen molar-refractivity contribution in [1.29, 1.82) is 0 Å². The third-order valence-corrected chi connectivity index (χ3v) is 3.93. The molecule has 0 bridgehead atoms. The molecule has 0 aliphatic rings. The molecule has 0 spiro atoms. The summed E-state index contributed by atoms with van der Waals surface area (Å²) in [5, 5.41) is 3.60. The molecule has 1 N–H and O–H groups in total. The molecule has 20 heavy (non-hydrogen) atoms. The predicted octanol–water partition coefficient (Wildman–Crippen LogP) is 4.20. The lowest BCUT2D eigenvalue weighted by atomic mass is 9.95. The molecule has 0 fully saturated rings. The van der Waals surface area contributed by atoms with Crippen LogP contribution in [0.3, 0.4) is 0 Å². The van der Waals surface area contributed by atoms with E-state index in [1.54, 1.807) is 25.3 Å². The molecule has 1 aromatic carbocycles. The average molecular weight is 302 g/mol. The molecule has 0 aliphatic carbocycles. The molecule has 1 aromatic rings. The first-order valence-corrected chi connectivity index (χ1v) is 7.49. The van der Waals surface area contributed by atoms with Crippen LogP contribution in [0, 0.1) is 5.82 Å². The van der Waals surface area contributed by atoms with Gasteiger partial charge in [-0.15, -0.1) is 0 Å². The van der Waals surface area contributed by atoms with E-state index in [0.717, 1.165) is 19.4 Å². The predicted molar refractivity (Wildman–Crippen MR) is 82.9 cm³/mol. The molecule has 0 saturated carbocycles. The summed E-state index contributed by atoms with van der Waals surface area (Å²) in [5.74, 6) is -0.303. The molecule has 0 saturated heterocycles. The van der Waals surface area contributed by atoms with Crippen molar-refractivity contribution in [2.24, 2.45) is 0 Å². The van der Waals surface area contributed by atoms with Crippen LogP contribution >= 0.6 is 11.6 Å². The van der Waals surface area contributed by atoms with Crippen molar-refractivity contribution in [1.82, 2.24) is 5.32 Å². The Hall–Kier alpha value is -0.640. The quantitative estimate of drug-likeness (QED) is 0.777. The first-order valence-electron chi connectivity index (χ1n) is 7.11. The van der Waals surface area contributed by atoms with Gasteiger partial charge in [-0.2, -0.15) is 0 Å². The van der Waals surface area contributed by atoms with E-state index in [0.29, 0.717) is 12.0 Å². The summed E-state index contributed by atoms with van der Waals surface area (Å²) in [6, 6.07) is 5.40. The highest BCUT2D eigenvalue weighted by molar-refractivity contribution is 6.30. The Labute approximate surface area is 126 Å². The fourth-order valence-corrected chi connectivity index (χ4v) is 2.35. The smallest absolute Gasteiger partial charge is 0.145 e. The Morgan fingerprint density at radius 2 is 2.10 bits per heavy atom. The Kier molecular flexibility index (Phi) is 6.93. The van der Waals surface area contributed by atoms with E-state index in [4.69, 9.17) is 16.3 Å². The number of methoxy groups -OCH3 is 1. The molecule has 1 rings (SSSR count). The Bertz CT molecular complexity index is 423. The van der Waals surface area contributed by atoms with E-state index in [2.05, 4.69) is 26.1 Å². The Morgan fingerprint density at radius 1 is 1.40 bits per heavy atom. The summed E-state index contributed by atoms with van der Waals surface area (Å²) in [6.45, 7) is 7.05. The normalized spacial score (nSPS) is 13.5. The number of hydrogen-bond acceptors (Lipinski definition) is 2. The largest absolute Gasteiger partial charge is 0.379 e. The minimum absolute atomic E-state index is 0.152. The lowest BCUT2D eigenvalue weighted by molar-refractivity contribution is 0.0117. The molecular formula is C16H25ClFNO. The van der Waals surface area contributed by atoms with E-state index >= 15 is 0 Å². The molecule has 0 aromatic heterocycles. The fourth-order valence-electron chi connectivity index (χ4n) is 2.16. The number of nitrogens with one attached hydrogen (secondary N) is 1. The number of ether oxygens (including phenoxy) is 1. The SMILES string of the molecule is CCNC(CCC(C)(C)OC)Cc1cccc(Cl)c1F. The highest BCUT2D eigenvalue weighted by Gasteiger charge is 2.20. The van der Waals surface area contributed by atoms with Gasteiger partial charge in [-0.05, 0) is 51.3 Å². The van der Waals surface area contributed by atoms with Crippen LogP contribution < -0.4 is 5.32 Å². The molecule has 2 nitrogen and oxygen atoms in total. The minimum atomic E-state index is -0.303. The maximum atomic E-state index is 14.0. The number of likely N-dealkylation sites (N-methyl/N-ethyl adjacent to an activating group) is 1. The van der Waals surface area contributed by atoms with E-state index in [1.165, 1.54) is 0 Å². The molecule has 4 heteroatoms. The summed E-state index contributed by atoms with van der Waals surface area (Å²) in [6.07, 6.45) is 2.49. The average Bonchev–Trinajstić information content (AvgIpc) is 2.41. The van der Waals surface area contributed by atoms with Gasteiger partial charge in [0.1, 0.15) is 5.82 Å². The van der Waals surface area contributed by atoms with Crippen molar-refractivity contribution in [2.45, 2.75) is 51.7 Å². The van der Waals surface area contributed by atoms with Crippen LogP contribution in [0.5, 0.6) is 0 Å². The highest BCUT2D eigenvalue weighted by Crippen LogP contribution is 2.22. The molecule has 0 radical (unpaired) electrons. The number of halogens is 2. The van der Waals surface area contributed by atoms with Gasteiger partial charge in [-0.25, -0.2) is 4.39 Å². The third kappa shape index (κ3) is 5.39. The first kappa shape index (κ1) is 17.4. The fraction of sp³-hybridized carbons (Fsp3) is 0.625. The third-order valence-electron chi connectivity index (χ3n) is 3.64. The van der Waals surface area contributed by atoms with Crippen LogP contribution in [0.15, 0.2) is 18.2 Å². The van der Waals surface area contributed by atoms with Crippen molar-refractivity contribution in [3.63, 3.8) is 0 Å². The molecule has 0 heterocycles. The number of rotatable bonds is 8. The lowest BCUT2D eigenvalue weighted by Gasteiger charge is -2.26. The van der Waals surface area contributed by atoms with Crippen LogP contribution in [0.4, 0.5) is 4.39 Å². The molecule has 114 valence electrons. The van der Waals surface area contributed by atoms with Gasteiger partial charge in [-0.3, -0.25) is 0 Å². The summed E-state index contributed by atoms with van der Waals surface area (Å²) in [5.41, 5.74) is 0.513. The zero-order valence-electron chi connectivity index (χ0n) is 12.8. The monoisotopic (exact) mass is 301 g/mol. The molecule has 0 aliphatic heterocycles. The van der Waals surface area contributed by atoms with Crippen molar-refractivity contribution >= 4 is 11.6 Å². The molecular weight excluding hydrogens is 277 g/mol. The van der Waals surface area contributed by atoms with E-state index in [9.17, 15) is 4.39 Å². The summed E-state index contributed by atoms with van der Waals surface area (Å²) >= 11 is 5.83. The Morgan fingerprint density at radius 3 is 2.70 bits per heavy atom. The van der Waals surface area contributed by atoms with E-state index in [1.807, 2.05) is 0 Å². The molecule has 1 atom stereocenters. The van der Waals surface area contributed by atoms with Gasteiger partial charge in [0, 0.05) is 13.2 Å². The number of hydrogen-bond donors (Lipinski definition) is 1. The number of benzene rings is 1. The second-order valence-corrected chi connectivity index (χ2v) is 6.08. The topological polar surface area (TPSA) is 21.3 Å². The van der Waals surface area contributed by atoms with E-state index < -0.39 is 0 Å². The van der Waals surface area contributed by atoms with Crippen LogP contribution in [0.2, 0.25) is 5.02 Å². The summed E-state index contributed by atoms with van der Waals surface area (Å²) in [7, 11) is 1.72. The van der Waals surface area contributed by atoms with Crippen LogP contribution in [-0.2, 0) is 11.2 Å².